The molecule has 136 valence electrons. The summed E-state index contributed by atoms with van der Waals surface area (Å²) in [6.45, 7) is 0.304. The van der Waals surface area contributed by atoms with Crippen LogP contribution in [0.25, 0.3) is 0 Å². The van der Waals surface area contributed by atoms with Gasteiger partial charge in [0.05, 0.1) is 4.92 Å². The number of carbonyl (C=O) groups excluding carboxylic acids is 1. The second-order valence-corrected chi connectivity index (χ2v) is 5.77. The van der Waals surface area contributed by atoms with Crippen LogP contribution in [0.15, 0.2) is 78.9 Å². The maximum Gasteiger partial charge on any atom is 0.342 e. The van der Waals surface area contributed by atoms with Gasteiger partial charge in [-0.3, -0.25) is 10.1 Å². The number of hydrogen-bond donors (Lipinski definition) is 0. The van der Waals surface area contributed by atoms with Crippen molar-refractivity contribution in [2.45, 2.75) is 13.2 Å². The second kappa shape index (κ2) is 8.62. The quantitative estimate of drug-likeness (QED) is 0.350. The second-order valence-electron chi connectivity index (χ2n) is 5.77. The molecule has 3 aromatic carbocycles. The third-order valence-electron chi connectivity index (χ3n) is 3.84. The SMILES string of the molecule is O=C(OCc1ccccc1)c1cc([N+](=O)[O-])ccc1OCc1ccccc1. The summed E-state index contributed by atoms with van der Waals surface area (Å²) in [5.74, 6) is -0.437. The van der Waals surface area contributed by atoms with Crippen LogP contribution in [0, 0.1) is 10.1 Å². The van der Waals surface area contributed by atoms with Crippen LogP contribution in [0.2, 0.25) is 0 Å². The zero-order chi connectivity index (χ0) is 19.1. The Balaban J connectivity index is 1.78. The molecule has 0 heterocycles. The van der Waals surface area contributed by atoms with E-state index in [4.69, 9.17) is 9.47 Å². The summed E-state index contributed by atoms with van der Waals surface area (Å²) in [6.07, 6.45) is 0. The normalized spacial score (nSPS) is 10.2. The van der Waals surface area contributed by atoms with Crippen molar-refractivity contribution >= 4 is 11.7 Å². The molecule has 6 nitrogen and oxygen atoms in total. The molecule has 6 heteroatoms. The predicted octanol–water partition coefficient (Wildman–Crippen LogP) is 4.53. The molecule has 0 bridgehead atoms. The fraction of sp³-hybridized carbons (Fsp3) is 0.0952. The van der Waals surface area contributed by atoms with Gasteiger partial charge in [-0.15, -0.1) is 0 Å². The van der Waals surface area contributed by atoms with Crippen molar-refractivity contribution in [3.05, 3.63) is 106 Å². The smallest absolute Gasteiger partial charge is 0.342 e. The highest BCUT2D eigenvalue weighted by molar-refractivity contribution is 5.93. The van der Waals surface area contributed by atoms with Crippen LogP contribution in [-0.2, 0) is 18.0 Å². The lowest BCUT2D eigenvalue weighted by Crippen LogP contribution is -2.09. The summed E-state index contributed by atoms with van der Waals surface area (Å²) in [6, 6.07) is 22.5. The van der Waals surface area contributed by atoms with E-state index in [2.05, 4.69) is 0 Å². The first-order valence-electron chi connectivity index (χ1n) is 8.29. The van der Waals surface area contributed by atoms with E-state index >= 15 is 0 Å². The average Bonchev–Trinajstić information content (AvgIpc) is 2.72. The minimum Gasteiger partial charge on any atom is -0.488 e. The number of non-ortho nitro benzene ring substituents is 1. The third-order valence-corrected chi connectivity index (χ3v) is 3.84. The predicted molar refractivity (Wildman–Crippen MR) is 99.4 cm³/mol. The van der Waals surface area contributed by atoms with Gasteiger partial charge in [0.15, 0.2) is 0 Å². The molecule has 0 spiro atoms. The van der Waals surface area contributed by atoms with Crippen molar-refractivity contribution in [2.24, 2.45) is 0 Å². The van der Waals surface area contributed by atoms with Gasteiger partial charge in [0.1, 0.15) is 24.5 Å². The summed E-state index contributed by atoms with van der Waals surface area (Å²) in [4.78, 5) is 23.0. The number of nitrogens with zero attached hydrogens (tertiary/aromatic N) is 1. The Morgan fingerprint density at radius 2 is 1.44 bits per heavy atom. The van der Waals surface area contributed by atoms with Gasteiger partial charge < -0.3 is 9.47 Å². The molecule has 0 saturated heterocycles. The van der Waals surface area contributed by atoms with Crippen LogP contribution in [0.3, 0.4) is 0 Å². The van der Waals surface area contributed by atoms with Crippen molar-refractivity contribution < 1.29 is 19.2 Å². The van der Waals surface area contributed by atoms with Crippen LogP contribution >= 0.6 is 0 Å². The van der Waals surface area contributed by atoms with Gasteiger partial charge in [-0.25, -0.2) is 4.79 Å². The Hall–Kier alpha value is -3.67. The van der Waals surface area contributed by atoms with Crippen LogP contribution in [0.5, 0.6) is 5.75 Å². The summed E-state index contributed by atoms with van der Waals surface area (Å²) < 4.78 is 11.0. The molecule has 0 unspecified atom stereocenters. The van der Waals surface area contributed by atoms with Crippen LogP contribution in [0.1, 0.15) is 21.5 Å². The van der Waals surface area contributed by atoms with E-state index in [1.807, 2.05) is 60.7 Å². The summed E-state index contributed by atoms with van der Waals surface area (Å²) >= 11 is 0. The first-order chi connectivity index (χ1) is 13.1. The highest BCUT2D eigenvalue weighted by Gasteiger charge is 2.19. The molecule has 0 radical (unpaired) electrons. The Morgan fingerprint density at radius 1 is 0.852 bits per heavy atom. The first kappa shape index (κ1) is 18.1. The molecule has 0 aromatic heterocycles. The largest absolute Gasteiger partial charge is 0.488 e. The molecule has 0 aliphatic rings. The molecular weight excluding hydrogens is 346 g/mol. The number of esters is 1. The third kappa shape index (κ3) is 4.92. The number of carbonyl (C=O) groups is 1. The molecule has 0 N–H and O–H groups in total. The minimum atomic E-state index is -0.675. The van der Waals surface area contributed by atoms with Crippen molar-refractivity contribution in [3.8, 4) is 5.75 Å². The van der Waals surface area contributed by atoms with E-state index in [9.17, 15) is 14.9 Å². The topological polar surface area (TPSA) is 78.7 Å². The fourth-order valence-corrected chi connectivity index (χ4v) is 2.45. The van der Waals surface area contributed by atoms with Crippen LogP contribution < -0.4 is 4.74 Å². The standard InChI is InChI=1S/C21H17NO5/c23-21(27-15-17-9-5-2-6-10-17)19-13-18(22(24)25)11-12-20(19)26-14-16-7-3-1-4-8-16/h1-13H,14-15H2. The van der Waals surface area contributed by atoms with Crippen LogP contribution in [-0.4, -0.2) is 10.9 Å². The van der Waals surface area contributed by atoms with E-state index in [-0.39, 0.29) is 30.2 Å². The highest BCUT2D eigenvalue weighted by atomic mass is 16.6. The van der Waals surface area contributed by atoms with Gasteiger partial charge in [0.2, 0.25) is 0 Å². The molecule has 0 aliphatic heterocycles. The molecule has 0 aliphatic carbocycles. The number of nitro groups is 1. The van der Waals surface area contributed by atoms with Gasteiger partial charge in [0, 0.05) is 12.1 Å². The number of rotatable bonds is 7. The van der Waals surface area contributed by atoms with Gasteiger partial charge >= 0.3 is 5.97 Å². The molecule has 0 amide bonds. The Bertz CT molecular complexity index is 926. The lowest BCUT2D eigenvalue weighted by atomic mass is 10.1. The maximum atomic E-state index is 12.5. The Labute approximate surface area is 156 Å². The highest BCUT2D eigenvalue weighted by Crippen LogP contribution is 2.26. The number of benzene rings is 3. The summed E-state index contributed by atoms with van der Waals surface area (Å²) in [7, 11) is 0. The summed E-state index contributed by atoms with van der Waals surface area (Å²) in [5, 5.41) is 11.1. The van der Waals surface area contributed by atoms with Crippen molar-refractivity contribution in [3.63, 3.8) is 0 Å². The number of ether oxygens (including phenoxy) is 2. The molecular formula is C21H17NO5. The average molecular weight is 363 g/mol. The zero-order valence-corrected chi connectivity index (χ0v) is 14.4. The summed E-state index contributed by atoms with van der Waals surface area (Å²) in [5.41, 5.74) is 1.56. The number of hydrogen-bond acceptors (Lipinski definition) is 5. The zero-order valence-electron chi connectivity index (χ0n) is 14.4. The lowest BCUT2D eigenvalue weighted by molar-refractivity contribution is -0.384. The maximum absolute atomic E-state index is 12.5. The van der Waals surface area contributed by atoms with E-state index < -0.39 is 10.9 Å². The fourth-order valence-electron chi connectivity index (χ4n) is 2.45. The Kier molecular flexibility index (Phi) is 5.79. The first-order valence-corrected chi connectivity index (χ1v) is 8.29. The van der Waals surface area contributed by atoms with Gasteiger partial charge in [-0.1, -0.05) is 60.7 Å². The van der Waals surface area contributed by atoms with Crippen molar-refractivity contribution in [1.29, 1.82) is 0 Å². The van der Waals surface area contributed by atoms with Crippen LogP contribution in [0.4, 0.5) is 5.69 Å². The molecule has 27 heavy (non-hydrogen) atoms. The van der Waals surface area contributed by atoms with E-state index in [0.717, 1.165) is 11.1 Å². The minimum absolute atomic E-state index is 0.0241. The monoisotopic (exact) mass is 363 g/mol. The van der Waals surface area contributed by atoms with Crippen molar-refractivity contribution in [1.82, 2.24) is 0 Å². The van der Waals surface area contributed by atoms with Crippen molar-refractivity contribution in [2.75, 3.05) is 0 Å². The molecule has 3 aromatic rings. The molecule has 3 rings (SSSR count). The Morgan fingerprint density at radius 3 is 2.04 bits per heavy atom. The number of nitro benzene ring substituents is 1. The van der Waals surface area contributed by atoms with E-state index in [0.29, 0.717) is 0 Å². The van der Waals surface area contributed by atoms with Gasteiger partial charge in [-0.2, -0.15) is 0 Å². The lowest BCUT2D eigenvalue weighted by Gasteiger charge is -2.11. The van der Waals surface area contributed by atoms with Gasteiger partial charge in [0.25, 0.3) is 5.69 Å². The van der Waals surface area contributed by atoms with Gasteiger partial charge in [-0.05, 0) is 17.2 Å². The van der Waals surface area contributed by atoms with E-state index in [1.54, 1.807) is 0 Å². The molecule has 0 saturated carbocycles. The van der Waals surface area contributed by atoms with E-state index in [1.165, 1.54) is 18.2 Å². The molecule has 0 atom stereocenters. The molecule has 0 fully saturated rings.